The van der Waals surface area contributed by atoms with E-state index in [0.717, 1.165) is 6.04 Å². The summed E-state index contributed by atoms with van der Waals surface area (Å²) in [6, 6.07) is 0.949. The molecular weight excluding hydrogens is 260 g/mol. The number of hydrogen-bond acceptors (Lipinski definition) is 3. The molecule has 0 atom stereocenters. The second kappa shape index (κ2) is 7.83. The third kappa shape index (κ3) is 4.77. The zero-order valence-corrected chi connectivity index (χ0v) is 12.4. The maximum Gasteiger partial charge on any atom is 0.337 e. The van der Waals surface area contributed by atoms with Gasteiger partial charge in [0, 0.05) is 27.8 Å². The van der Waals surface area contributed by atoms with Crippen molar-refractivity contribution in [3.8, 4) is 0 Å². The van der Waals surface area contributed by atoms with E-state index >= 15 is 0 Å². The first-order valence-corrected chi connectivity index (χ1v) is 6.24. The number of nitrogens with zero attached hydrogens (tertiary/aromatic N) is 2. The van der Waals surface area contributed by atoms with Gasteiger partial charge in [0.2, 0.25) is 6.33 Å². The van der Waals surface area contributed by atoms with Gasteiger partial charge in [-0.2, -0.15) is 0 Å². The van der Waals surface area contributed by atoms with Gasteiger partial charge in [0.25, 0.3) is 5.97 Å². The molecule has 0 aromatic carbocycles. The van der Waals surface area contributed by atoms with E-state index in [1.165, 1.54) is 0 Å². The highest BCUT2D eigenvalue weighted by Gasteiger charge is 2.29. The minimum atomic E-state index is -0.900. The lowest BCUT2D eigenvalue weighted by molar-refractivity contribution is -0.670. The van der Waals surface area contributed by atoms with Crippen molar-refractivity contribution in [2.45, 2.75) is 18.4 Å². The van der Waals surface area contributed by atoms with Crippen molar-refractivity contribution in [1.29, 1.82) is 0 Å². The first-order valence-electron chi connectivity index (χ1n) is 5.08. The lowest BCUT2D eigenvalue weighted by atomic mass is 10.4. The average molecular weight is 279 g/mol. The Balaban J connectivity index is 0.00000256. The van der Waals surface area contributed by atoms with Crippen LogP contribution in [0.5, 0.6) is 0 Å². The van der Waals surface area contributed by atoms with Gasteiger partial charge in [-0.05, 0) is 6.04 Å². The Bertz CT molecular complexity index is 310. The molecule has 0 bridgehead atoms. The van der Waals surface area contributed by atoms with E-state index in [2.05, 4.69) is 4.23 Å². The second-order valence-corrected chi connectivity index (χ2v) is 4.77. The van der Waals surface area contributed by atoms with E-state index in [1.54, 1.807) is 21.3 Å². The summed E-state index contributed by atoms with van der Waals surface area (Å²) in [5.74, 6) is -0.900. The molecule has 0 fully saturated rings. The van der Waals surface area contributed by atoms with Crippen LogP contribution in [0.2, 0.25) is 6.04 Å². The summed E-state index contributed by atoms with van der Waals surface area (Å²) >= 11 is 0. The highest BCUT2D eigenvalue weighted by molar-refractivity contribution is 6.33. The first-order chi connectivity index (χ1) is 7.65. The van der Waals surface area contributed by atoms with Crippen LogP contribution in [0.15, 0.2) is 18.7 Å². The van der Waals surface area contributed by atoms with Crippen LogP contribution in [0.25, 0.3) is 0 Å². The van der Waals surface area contributed by atoms with Gasteiger partial charge in [-0.3, -0.25) is 4.23 Å². The van der Waals surface area contributed by atoms with Gasteiger partial charge in [0.15, 0.2) is 0 Å². The molecule has 98 valence electrons. The molecule has 0 unspecified atom stereocenters. The van der Waals surface area contributed by atoms with Gasteiger partial charge in [-0.1, -0.05) is 0 Å². The average Bonchev–Trinajstić information content (AvgIpc) is 2.71. The standard InChI is InChI=1S/C10H19N2O3Si.ClH/c1-11-6-7-12(9-11)16-8-5-10(13-2,14-3)15-4;/h6-7,9H,5,8H2,1-4H3;1H/q+1;/p-1. The molecule has 5 nitrogen and oxygen atoms in total. The van der Waals surface area contributed by atoms with Crippen LogP contribution >= 0.6 is 0 Å². The number of hydrogen-bond donors (Lipinski definition) is 0. The van der Waals surface area contributed by atoms with Gasteiger partial charge < -0.3 is 26.6 Å². The van der Waals surface area contributed by atoms with E-state index < -0.39 is 5.97 Å². The zero-order valence-electron chi connectivity index (χ0n) is 10.6. The van der Waals surface area contributed by atoms with E-state index in [4.69, 9.17) is 14.2 Å². The van der Waals surface area contributed by atoms with Gasteiger partial charge in [-0.25, -0.2) is 4.57 Å². The zero-order chi connectivity index (χ0) is 12.0. The SMILES string of the molecule is COC(CC[Si]n1cc[n+](C)c1)(OC)OC.[Cl-]. The molecule has 2 radical (unpaired) electrons. The molecule has 0 aliphatic heterocycles. The molecule has 0 N–H and O–H groups in total. The molecule has 1 aromatic rings. The molecule has 0 saturated heterocycles. The van der Waals surface area contributed by atoms with Crippen molar-refractivity contribution < 1.29 is 31.2 Å². The molecule has 0 aliphatic rings. The summed E-state index contributed by atoms with van der Waals surface area (Å²) in [5.41, 5.74) is 0. The third-order valence-corrected chi connectivity index (χ3v) is 3.53. The molecular formula is C10H19ClN2O3Si. The Hall–Kier alpha value is -0.403. The summed E-state index contributed by atoms with van der Waals surface area (Å²) in [6.45, 7) is 0. The Labute approximate surface area is 111 Å². The molecule has 0 saturated carbocycles. The summed E-state index contributed by atoms with van der Waals surface area (Å²) in [4.78, 5) is 0. The van der Waals surface area contributed by atoms with Crippen LogP contribution in [0.1, 0.15) is 6.42 Å². The second-order valence-electron chi connectivity index (χ2n) is 3.44. The number of ether oxygens (including phenoxy) is 3. The van der Waals surface area contributed by atoms with Crippen molar-refractivity contribution in [2.75, 3.05) is 21.3 Å². The quantitative estimate of drug-likeness (QED) is 0.307. The van der Waals surface area contributed by atoms with Crippen molar-refractivity contribution in [3.63, 3.8) is 0 Å². The van der Waals surface area contributed by atoms with Crippen LogP contribution in [-0.2, 0) is 21.3 Å². The fraction of sp³-hybridized carbons (Fsp3) is 0.700. The summed E-state index contributed by atoms with van der Waals surface area (Å²) in [7, 11) is 7.44. The minimum Gasteiger partial charge on any atom is -1.00 e. The minimum absolute atomic E-state index is 0. The molecule has 0 amide bonds. The van der Waals surface area contributed by atoms with E-state index in [-0.39, 0.29) is 12.4 Å². The molecule has 17 heavy (non-hydrogen) atoms. The molecule has 1 aromatic heterocycles. The van der Waals surface area contributed by atoms with Crippen LogP contribution in [0, 0.1) is 0 Å². The van der Waals surface area contributed by atoms with Crippen molar-refractivity contribution in [3.05, 3.63) is 18.7 Å². The molecule has 1 heterocycles. The molecule has 1 rings (SSSR count). The van der Waals surface area contributed by atoms with Crippen molar-refractivity contribution >= 4 is 9.68 Å². The number of rotatable bonds is 7. The fourth-order valence-corrected chi connectivity index (χ4v) is 2.55. The highest BCUT2D eigenvalue weighted by atomic mass is 35.5. The van der Waals surface area contributed by atoms with E-state index in [9.17, 15) is 0 Å². The van der Waals surface area contributed by atoms with Gasteiger partial charge in [0.05, 0.1) is 7.05 Å². The van der Waals surface area contributed by atoms with Crippen molar-refractivity contribution in [1.82, 2.24) is 4.23 Å². The third-order valence-electron chi connectivity index (χ3n) is 2.43. The maximum atomic E-state index is 5.22. The predicted octanol–water partition coefficient (Wildman–Crippen LogP) is -2.81. The molecule has 7 heteroatoms. The number of aromatic nitrogens is 2. The first kappa shape index (κ1) is 16.6. The summed E-state index contributed by atoms with van der Waals surface area (Å²) in [6.07, 6.45) is 6.82. The van der Waals surface area contributed by atoms with E-state index in [0.29, 0.717) is 16.1 Å². The Kier molecular flexibility index (Phi) is 7.65. The molecule has 0 aliphatic carbocycles. The van der Waals surface area contributed by atoms with Gasteiger partial charge >= 0.3 is 9.68 Å². The number of aryl methyl sites for hydroxylation is 1. The van der Waals surface area contributed by atoms with Crippen LogP contribution in [0.4, 0.5) is 0 Å². The largest absolute Gasteiger partial charge is 1.00 e. The smallest absolute Gasteiger partial charge is 0.337 e. The van der Waals surface area contributed by atoms with Crippen LogP contribution < -0.4 is 17.0 Å². The lowest BCUT2D eigenvalue weighted by Gasteiger charge is -2.28. The van der Waals surface area contributed by atoms with Crippen LogP contribution in [-0.4, -0.2) is 41.2 Å². The van der Waals surface area contributed by atoms with Gasteiger partial charge in [-0.15, -0.1) is 0 Å². The van der Waals surface area contributed by atoms with E-state index in [1.807, 2.05) is 30.3 Å². The highest BCUT2D eigenvalue weighted by Crippen LogP contribution is 2.19. The summed E-state index contributed by atoms with van der Waals surface area (Å²) < 4.78 is 19.8. The Morgan fingerprint density at radius 1 is 1.24 bits per heavy atom. The Morgan fingerprint density at radius 3 is 2.24 bits per heavy atom. The molecule has 0 spiro atoms. The number of halogens is 1. The summed E-state index contributed by atoms with van der Waals surface area (Å²) in [5, 5.41) is 0. The topological polar surface area (TPSA) is 36.5 Å². The normalized spacial score (nSPS) is 11.3. The Morgan fingerprint density at radius 2 is 1.82 bits per heavy atom. The van der Waals surface area contributed by atoms with Gasteiger partial charge in [0.1, 0.15) is 12.4 Å². The maximum absolute atomic E-state index is 5.22. The monoisotopic (exact) mass is 278 g/mol. The number of imidazole rings is 1. The number of methoxy groups -OCH3 is 3. The fourth-order valence-electron chi connectivity index (χ4n) is 1.44. The predicted molar refractivity (Wildman–Crippen MR) is 59.9 cm³/mol. The van der Waals surface area contributed by atoms with Crippen molar-refractivity contribution in [2.24, 2.45) is 7.05 Å². The lowest BCUT2D eigenvalue weighted by Crippen LogP contribution is -3.00. The van der Waals surface area contributed by atoms with Crippen LogP contribution in [0.3, 0.4) is 0 Å².